The highest BCUT2D eigenvalue weighted by molar-refractivity contribution is 5.94. The second kappa shape index (κ2) is 7.53. The van der Waals surface area contributed by atoms with Crippen molar-refractivity contribution in [2.45, 2.75) is 37.5 Å². The highest BCUT2D eigenvalue weighted by Crippen LogP contribution is 2.30. The van der Waals surface area contributed by atoms with E-state index < -0.39 is 5.82 Å². The molecule has 1 unspecified atom stereocenters. The fraction of sp³-hybridized carbons (Fsp3) is 0.526. The molecule has 1 aromatic heterocycles. The van der Waals surface area contributed by atoms with Gasteiger partial charge < -0.3 is 14.2 Å². The second-order valence-corrected chi connectivity index (χ2v) is 6.95. The van der Waals surface area contributed by atoms with Crippen LogP contribution in [0.5, 0.6) is 0 Å². The Morgan fingerprint density at radius 3 is 2.77 bits per heavy atom. The highest BCUT2D eigenvalue weighted by atomic mass is 19.1. The molecule has 2 aromatic rings. The summed E-state index contributed by atoms with van der Waals surface area (Å²) in [6.07, 6.45) is 3.53. The maximum absolute atomic E-state index is 13.9. The standard InChI is InChI=1S/C19H22FN3O3/c20-16-6-2-1-5-15(16)19(24)23-9-3-4-14(12-23)18-21-17(22-26-18)13-7-10-25-11-8-13/h1-2,5-6,13-14H,3-4,7-12H2. The number of ether oxygens (including phenoxy) is 1. The molecule has 138 valence electrons. The summed E-state index contributed by atoms with van der Waals surface area (Å²) in [4.78, 5) is 18.9. The average Bonchev–Trinajstić information content (AvgIpc) is 3.19. The van der Waals surface area contributed by atoms with Crippen molar-refractivity contribution in [3.8, 4) is 0 Å². The molecule has 6 nitrogen and oxygen atoms in total. The molecule has 2 saturated heterocycles. The van der Waals surface area contributed by atoms with E-state index in [1.165, 1.54) is 12.1 Å². The van der Waals surface area contributed by atoms with Gasteiger partial charge in [-0.05, 0) is 37.8 Å². The first-order valence-corrected chi connectivity index (χ1v) is 9.17. The van der Waals surface area contributed by atoms with E-state index in [-0.39, 0.29) is 23.3 Å². The van der Waals surface area contributed by atoms with Crippen LogP contribution in [0, 0.1) is 5.82 Å². The molecule has 1 aromatic carbocycles. The zero-order chi connectivity index (χ0) is 17.9. The Bertz CT molecular complexity index is 773. The summed E-state index contributed by atoms with van der Waals surface area (Å²) in [5.74, 6) is 0.830. The van der Waals surface area contributed by atoms with Crippen LogP contribution in [-0.4, -0.2) is 47.3 Å². The molecule has 2 aliphatic heterocycles. The van der Waals surface area contributed by atoms with Crippen molar-refractivity contribution >= 4 is 5.91 Å². The molecule has 7 heteroatoms. The van der Waals surface area contributed by atoms with E-state index in [1.807, 2.05) is 0 Å². The number of hydrogen-bond donors (Lipinski definition) is 0. The Hall–Kier alpha value is -2.28. The van der Waals surface area contributed by atoms with Gasteiger partial charge in [-0.3, -0.25) is 4.79 Å². The summed E-state index contributed by atoms with van der Waals surface area (Å²) in [5, 5.41) is 4.15. The Kier molecular flexibility index (Phi) is 4.97. The third-order valence-corrected chi connectivity index (χ3v) is 5.21. The number of carbonyl (C=O) groups is 1. The predicted molar refractivity (Wildman–Crippen MR) is 91.4 cm³/mol. The monoisotopic (exact) mass is 359 g/mol. The van der Waals surface area contributed by atoms with Crippen molar-refractivity contribution in [2.24, 2.45) is 0 Å². The summed E-state index contributed by atoms with van der Waals surface area (Å²) in [6.45, 7) is 2.54. The average molecular weight is 359 g/mol. The van der Waals surface area contributed by atoms with Gasteiger partial charge in [-0.15, -0.1) is 0 Å². The number of hydrogen-bond acceptors (Lipinski definition) is 5. The van der Waals surface area contributed by atoms with Gasteiger partial charge in [0.2, 0.25) is 5.89 Å². The smallest absolute Gasteiger partial charge is 0.256 e. The quantitative estimate of drug-likeness (QED) is 0.842. The largest absolute Gasteiger partial charge is 0.381 e. The molecule has 1 amide bonds. The molecule has 0 N–H and O–H groups in total. The predicted octanol–water partition coefficient (Wildman–Crippen LogP) is 3.12. The van der Waals surface area contributed by atoms with Gasteiger partial charge in [-0.25, -0.2) is 4.39 Å². The van der Waals surface area contributed by atoms with Crippen LogP contribution in [-0.2, 0) is 4.74 Å². The molecule has 0 aliphatic carbocycles. The van der Waals surface area contributed by atoms with Crippen LogP contribution >= 0.6 is 0 Å². The minimum absolute atomic E-state index is 0.000522. The molecule has 4 rings (SSSR count). The lowest BCUT2D eigenvalue weighted by atomic mass is 9.96. The van der Waals surface area contributed by atoms with Gasteiger partial charge in [-0.2, -0.15) is 4.98 Å². The van der Waals surface area contributed by atoms with E-state index in [9.17, 15) is 9.18 Å². The lowest BCUT2D eigenvalue weighted by Crippen LogP contribution is -2.39. The number of aromatic nitrogens is 2. The molecule has 26 heavy (non-hydrogen) atoms. The first kappa shape index (κ1) is 17.1. The molecule has 3 heterocycles. The number of rotatable bonds is 3. The van der Waals surface area contributed by atoms with E-state index in [0.29, 0.717) is 19.0 Å². The lowest BCUT2D eigenvalue weighted by Gasteiger charge is -2.31. The fourth-order valence-electron chi connectivity index (χ4n) is 3.70. The van der Waals surface area contributed by atoms with E-state index in [4.69, 9.17) is 9.26 Å². The van der Waals surface area contributed by atoms with Crippen LogP contribution < -0.4 is 0 Å². The Balaban J connectivity index is 1.46. The van der Waals surface area contributed by atoms with Crippen molar-refractivity contribution in [1.82, 2.24) is 15.0 Å². The molecular weight excluding hydrogens is 337 g/mol. The summed E-state index contributed by atoms with van der Waals surface area (Å²) in [5.41, 5.74) is 0.113. The van der Waals surface area contributed by atoms with Crippen molar-refractivity contribution in [3.63, 3.8) is 0 Å². The number of likely N-dealkylation sites (tertiary alicyclic amines) is 1. The topological polar surface area (TPSA) is 68.5 Å². The van der Waals surface area contributed by atoms with Crippen molar-refractivity contribution in [3.05, 3.63) is 47.4 Å². The van der Waals surface area contributed by atoms with Crippen LogP contribution in [0.15, 0.2) is 28.8 Å². The van der Waals surface area contributed by atoms with Gasteiger partial charge in [-0.1, -0.05) is 17.3 Å². The fourth-order valence-corrected chi connectivity index (χ4v) is 3.70. The Labute approximate surface area is 151 Å². The van der Waals surface area contributed by atoms with Gasteiger partial charge >= 0.3 is 0 Å². The number of amides is 1. The van der Waals surface area contributed by atoms with Crippen LogP contribution in [0.2, 0.25) is 0 Å². The molecule has 2 fully saturated rings. The number of nitrogens with zero attached hydrogens (tertiary/aromatic N) is 3. The van der Waals surface area contributed by atoms with Crippen LogP contribution in [0.3, 0.4) is 0 Å². The number of halogens is 1. The number of carbonyl (C=O) groups excluding carboxylic acids is 1. The van der Waals surface area contributed by atoms with Crippen LogP contribution in [0.4, 0.5) is 4.39 Å². The second-order valence-electron chi connectivity index (χ2n) is 6.95. The molecule has 2 aliphatic rings. The Morgan fingerprint density at radius 2 is 1.96 bits per heavy atom. The van der Waals surface area contributed by atoms with E-state index in [2.05, 4.69) is 10.1 Å². The summed E-state index contributed by atoms with van der Waals surface area (Å²) >= 11 is 0. The van der Waals surface area contributed by atoms with Gasteiger partial charge in [0.15, 0.2) is 5.82 Å². The van der Waals surface area contributed by atoms with Gasteiger partial charge in [0.1, 0.15) is 5.82 Å². The van der Waals surface area contributed by atoms with Crippen LogP contribution in [0.1, 0.15) is 59.6 Å². The van der Waals surface area contributed by atoms with Gasteiger partial charge in [0.25, 0.3) is 5.91 Å². The minimum Gasteiger partial charge on any atom is -0.381 e. The van der Waals surface area contributed by atoms with E-state index in [1.54, 1.807) is 17.0 Å². The molecular formula is C19H22FN3O3. The molecule has 0 bridgehead atoms. The molecule has 1 atom stereocenters. The minimum atomic E-state index is -0.487. The normalized spacial score (nSPS) is 21.7. The van der Waals surface area contributed by atoms with E-state index in [0.717, 1.165) is 44.7 Å². The lowest BCUT2D eigenvalue weighted by molar-refractivity contribution is 0.0691. The third kappa shape index (κ3) is 3.49. The summed E-state index contributed by atoms with van der Waals surface area (Å²) in [6, 6.07) is 6.10. The van der Waals surface area contributed by atoms with Gasteiger partial charge in [0, 0.05) is 32.2 Å². The third-order valence-electron chi connectivity index (χ3n) is 5.21. The van der Waals surface area contributed by atoms with Crippen LogP contribution in [0.25, 0.3) is 0 Å². The van der Waals surface area contributed by atoms with E-state index >= 15 is 0 Å². The maximum Gasteiger partial charge on any atom is 0.256 e. The molecule has 0 spiro atoms. The first-order valence-electron chi connectivity index (χ1n) is 9.17. The summed E-state index contributed by atoms with van der Waals surface area (Å²) < 4.78 is 24.8. The molecule has 0 radical (unpaired) electrons. The number of benzene rings is 1. The Morgan fingerprint density at radius 1 is 1.15 bits per heavy atom. The highest BCUT2D eigenvalue weighted by Gasteiger charge is 2.31. The first-order chi connectivity index (χ1) is 12.7. The summed E-state index contributed by atoms with van der Waals surface area (Å²) in [7, 11) is 0. The maximum atomic E-state index is 13.9. The zero-order valence-electron chi connectivity index (χ0n) is 14.6. The van der Waals surface area contributed by atoms with Gasteiger partial charge in [0.05, 0.1) is 11.5 Å². The zero-order valence-corrected chi connectivity index (χ0v) is 14.6. The van der Waals surface area contributed by atoms with Crippen molar-refractivity contribution in [2.75, 3.05) is 26.3 Å². The van der Waals surface area contributed by atoms with Crippen molar-refractivity contribution < 1.29 is 18.4 Å². The SMILES string of the molecule is O=C(c1ccccc1F)N1CCCC(c2nc(C3CCOCC3)no2)C1. The van der Waals surface area contributed by atoms with Crippen molar-refractivity contribution in [1.29, 1.82) is 0 Å². The number of piperidine rings is 1. The molecule has 0 saturated carbocycles.